The zero-order chi connectivity index (χ0) is 17.9. The van der Waals surface area contributed by atoms with E-state index in [1.54, 1.807) is 6.20 Å². The van der Waals surface area contributed by atoms with Gasteiger partial charge in [0.1, 0.15) is 11.0 Å². The van der Waals surface area contributed by atoms with Crippen molar-refractivity contribution < 1.29 is 9.42 Å². The van der Waals surface area contributed by atoms with Crippen LogP contribution in [0.3, 0.4) is 0 Å². The van der Waals surface area contributed by atoms with Crippen molar-refractivity contribution in [1.29, 1.82) is 0 Å². The Morgan fingerprint density at radius 3 is 2.88 bits per heavy atom. The van der Waals surface area contributed by atoms with Crippen LogP contribution < -0.4 is 0 Å². The predicted octanol–water partition coefficient (Wildman–Crippen LogP) is 2.27. The second-order valence-electron chi connectivity index (χ2n) is 6.66. The SMILES string of the molecule is Cc1ccc(C(=O)N2CCCN(Cc3cccc4nonc34)CC2)cn1. The molecule has 2 aromatic heterocycles. The molecule has 0 bridgehead atoms. The maximum atomic E-state index is 12.7. The highest BCUT2D eigenvalue weighted by Gasteiger charge is 2.21. The van der Waals surface area contributed by atoms with Gasteiger partial charge < -0.3 is 4.90 Å². The fourth-order valence-corrected chi connectivity index (χ4v) is 3.34. The molecule has 4 rings (SSSR count). The number of aryl methyl sites for hydroxylation is 1. The van der Waals surface area contributed by atoms with Gasteiger partial charge in [0.05, 0.1) is 5.56 Å². The van der Waals surface area contributed by atoms with E-state index in [1.165, 1.54) is 0 Å². The quantitative estimate of drug-likeness (QED) is 0.721. The second kappa shape index (κ2) is 7.21. The summed E-state index contributed by atoms with van der Waals surface area (Å²) in [5.41, 5.74) is 4.27. The largest absolute Gasteiger partial charge is 0.337 e. The maximum Gasteiger partial charge on any atom is 0.255 e. The summed E-state index contributed by atoms with van der Waals surface area (Å²) in [6, 6.07) is 9.65. The highest BCUT2D eigenvalue weighted by molar-refractivity contribution is 5.93. The van der Waals surface area contributed by atoms with Gasteiger partial charge in [-0.3, -0.25) is 14.7 Å². The van der Waals surface area contributed by atoms with E-state index >= 15 is 0 Å². The average Bonchev–Trinajstić information content (AvgIpc) is 3.02. The number of hydrogen-bond donors (Lipinski definition) is 0. The smallest absolute Gasteiger partial charge is 0.255 e. The van der Waals surface area contributed by atoms with Gasteiger partial charge in [-0.15, -0.1) is 0 Å². The molecule has 1 aliphatic heterocycles. The maximum absolute atomic E-state index is 12.7. The van der Waals surface area contributed by atoms with E-state index in [9.17, 15) is 4.79 Å². The first kappa shape index (κ1) is 16.7. The van der Waals surface area contributed by atoms with Crippen molar-refractivity contribution in [3.05, 3.63) is 53.3 Å². The summed E-state index contributed by atoms with van der Waals surface area (Å²) in [5.74, 6) is 0.0575. The van der Waals surface area contributed by atoms with Crippen molar-refractivity contribution in [3.63, 3.8) is 0 Å². The van der Waals surface area contributed by atoms with Crippen LogP contribution in [0.25, 0.3) is 11.0 Å². The van der Waals surface area contributed by atoms with Gasteiger partial charge in [0.15, 0.2) is 0 Å². The number of fused-ring (bicyclic) bond motifs is 1. The van der Waals surface area contributed by atoms with Crippen LogP contribution in [0.15, 0.2) is 41.2 Å². The molecule has 0 spiro atoms. The van der Waals surface area contributed by atoms with Crippen molar-refractivity contribution in [2.75, 3.05) is 26.2 Å². The summed E-state index contributed by atoms with van der Waals surface area (Å²) in [6.45, 7) is 5.94. The van der Waals surface area contributed by atoms with Crippen LogP contribution in [0.1, 0.15) is 28.0 Å². The molecule has 0 saturated carbocycles. The minimum atomic E-state index is 0.0575. The minimum Gasteiger partial charge on any atom is -0.337 e. The zero-order valence-corrected chi connectivity index (χ0v) is 14.8. The molecule has 1 aliphatic rings. The molecular formula is C19H21N5O2. The van der Waals surface area contributed by atoms with E-state index in [0.717, 1.165) is 54.9 Å². The predicted molar refractivity (Wildman–Crippen MR) is 96.6 cm³/mol. The first-order valence-corrected chi connectivity index (χ1v) is 8.85. The van der Waals surface area contributed by atoms with Gasteiger partial charge in [0, 0.05) is 44.6 Å². The fourth-order valence-electron chi connectivity index (χ4n) is 3.34. The van der Waals surface area contributed by atoms with E-state index < -0.39 is 0 Å². The van der Waals surface area contributed by atoms with Gasteiger partial charge >= 0.3 is 0 Å². The van der Waals surface area contributed by atoms with E-state index in [4.69, 9.17) is 4.63 Å². The Labute approximate surface area is 151 Å². The summed E-state index contributed by atoms with van der Waals surface area (Å²) >= 11 is 0. The van der Waals surface area contributed by atoms with Crippen LogP contribution in [0, 0.1) is 6.92 Å². The number of carbonyl (C=O) groups excluding carboxylic acids is 1. The van der Waals surface area contributed by atoms with Gasteiger partial charge in [0.2, 0.25) is 0 Å². The van der Waals surface area contributed by atoms with Crippen LogP contribution in [-0.4, -0.2) is 57.2 Å². The first-order chi connectivity index (χ1) is 12.7. The van der Waals surface area contributed by atoms with E-state index in [2.05, 4.69) is 26.3 Å². The molecule has 26 heavy (non-hydrogen) atoms. The lowest BCUT2D eigenvalue weighted by atomic mass is 10.1. The standard InChI is InChI=1S/C19H21N5O2/c1-14-6-7-15(12-20-14)19(25)24-9-3-8-23(10-11-24)13-16-4-2-5-17-18(16)22-26-21-17/h2,4-7,12H,3,8-11,13H2,1H3. The summed E-state index contributed by atoms with van der Waals surface area (Å²) in [7, 11) is 0. The summed E-state index contributed by atoms with van der Waals surface area (Å²) in [6.07, 6.45) is 2.61. The Balaban J connectivity index is 1.42. The molecule has 7 heteroatoms. The van der Waals surface area contributed by atoms with Gasteiger partial charge in [-0.2, -0.15) is 0 Å². The molecule has 0 aliphatic carbocycles. The van der Waals surface area contributed by atoms with Crippen molar-refractivity contribution in [3.8, 4) is 0 Å². The number of nitrogens with zero attached hydrogens (tertiary/aromatic N) is 5. The van der Waals surface area contributed by atoms with E-state index in [-0.39, 0.29) is 5.91 Å². The van der Waals surface area contributed by atoms with Crippen LogP contribution in [-0.2, 0) is 6.54 Å². The number of rotatable bonds is 3. The molecule has 1 amide bonds. The molecule has 134 valence electrons. The molecule has 1 fully saturated rings. The normalized spacial score (nSPS) is 16.0. The van der Waals surface area contributed by atoms with Crippen molar-refractivity contribution in [1.82, 2.24) is 25.1 Å². The molecule has 3 heterocycles. The lowest BCUT2D eigenvalue weighted by Gasteiger charge is -2.22. The molecule has 0 atom stereocenters. The number of aromatic nitrogens is 3. The number of carbonyl (C=O) groups is 1. The highest BCUT2D eigenvalue weighted by atomic mass is 16.6. The number of hydrogen-bond acceptors (Lipinski definition) is 6. The average molecular weight is 351 g/mol. The van der Waals surface area contributed by atoms with Crippen molar-refractivity contribution in [2.24, 2.45) is 0 Å². The molecule has 0 unspecified atom stereocenters. The first-order valence-electron chi connectivity index (χ1n) is 8.85. The summed E-state index contributed by atoms with van der Waals surface area (Å²) in [4.78, 5) is 21.2. The lowest BCUT2D eigenvalue weighted by Crippen LogP contribution is -2.35. The molecule has 7 nitrogen and oxygen atoms in total. The Hall–Kier alpha value is -2.80. The Kier molecular flexibility index (Phi) is 4.62. The third-order valence-electron chi connectivity index (χ3n) is 4.80. The molecule has 1 aromatic carbocycles. The molecule has 3 aromatic rings. The van der Waals surface area contributed by atoms with E-state index in [1.807, 2.05) is 36.1 Å². The van der Waals surface area contributed by atoms with E-state index in [0.29, 0.717) is 12.1 Å². The van der Waals surface area contributed by atoms with Crippen LogP contribution in [0.2, 0.25) is 0 Å². The van der Waals surface area contributed by atoms with Crippen LogP contribution in [0.5, 0.6) is 0 Å². The minimum absolute atomic E-state index is 0.0575. The molecule has 0 radical (unpaired) electrons. The van der Waals surface area contributed by atoms with Crippen LogP contribution in [0.4, 0.5) is 0 Å². The number of benzene rings is 1. The van der Waals surface area contributed by atoms with Gasteiger partial charge in [-0.25, -0.2) is 4.63 Å². The van der Waals surface area contributed by atoms with Crippen molar-refractivity contribution >= 4 is 16.9 Å². The Morgan fingerprint density at radius 2 is 2.04 bits per heavy atom. The number of pyridine rings is 1. The molecular weight excluding hydrogens is 330 g/mol. The Morgan fingerprint density at radius 1 is 1.12 bits per heavy atom. The van der Waals surface area contributed by atoms with Gasteiger partial charge in [-0.1, -0.05) is 12.1 Å². The third-order valence-corrected chi connectivity index (χ3v) is 4.80. The fraction of sp³-hybridized carbons (Fsp3) is 0.368. The monoisotopic (exact) mass is 351 g/mol. The summed E-state index contributed by atoms with van der Waals surface area (Å²) < 4.78 is 4.85. The highest BCUT2D eigenvalue weighted by Crippen LogP contribution is 2.18. The third kappa shape index (κ3) is 3.43. The topological polar surface area (TPSA) is 75.4 Å². The van der Waals surface area contributed by atoms with Crippen LogP contribution >= 0.6 is 0 Å². The second-order valence-corrected chi connectivity index (χ2v) is 6.66. The zero-order valence-electron chi connectivity index (χ0n) is 14.8. The summed E-state index contributed by atoms with van der Waals surface area (Å²) in [5, 5.41) is 7.92. The number of amides is 1. The van der Waals surface area contributed by atoms with Gasteiger partial charge in [0.25, 0.3) is 5.91 Å². The van der Waals surface area contributed by atoms with Crippen molar-refractivity contribution in [2.45, 2.75) is 19.9 Å². The molecule has 0 N–H and O–H groups in total. The lowest BCUT2D eigenvalue weighted by molar-refractivity contribution is 0.0760. The molecule has 1 saturated heterocycles. The Bertz CT molecular complexity index is 906. The van der Waals surface area contributed by atoms with Gasteiger partial charge in [-0.05, 0) is 47.4 Å².